The summed E-state index contributed by atoms with van der Waals surface area (Å²) in [6.45, 7) is 0. The van der Waals surface area contributed by atoms with Gasteiger partial charge in [-0.1, -0.05) is 0 Å². The molecule has 0 saturated carbocycles. The second kappa shape index (κ2) is 9.97. The molecule has 0 aliphatic carbocycles. The molecule has 4 aromatic carbocycles. The topological polar surface area (TPSA) is 93.1 Å². The minimum absolute atomic E-state index is 0.117. The van der Waals surface area contributed by atoms with Crippen molar-refractivity contribution < 1.29 is 27.6 Å². The van der Waals surface area contributed by atoms with Crippen molar-refractivity contribution in [2.75, 3.05) is 0 Å². The predicted octanol–water partition coefficient (Wildman–Crippen LogP) is 3.61. The van der Waals surface area contributed by atoms with Crippen LogP contribution in [0.2, 0.25) is 0 Å². The smallest absolute Gasteiger partial charge is 0.508 e. The standard InChI is InChI=1S/C30H24O6SSe/c31-21-10-6-19(7-11-21)28-26-18-27(30(35-26)29(28)20-8-12-22(32)13-9-20)37(33,34)36-23-14-16-25(17-15-23)38-24-4-2-1-3-5-24/h1-17,26-27,30-32H,18H2. The van der Waals surface area contributed by atoms with E-state index in [1.165, 1.54) is 4.46 Å². The van der Waals surface area contributed by atoms with E-state index >= 15 is 0 Å². The number of hydrogen-bond donors (Lipinski definition) is 2. The number of phenols is 2. The molecule has 0 amide bonds. The fourth-order valence-electron chi connectivity index (χ4n) is 5.02. The average molecular weight is 592 g/mol. The Morgan fingerprint density at radius 3 is 1.87 bits per heavy atom. The third-order valence-corrected chi connectivity index (χ3v) is 10.5. The van der Waals surface area contributed by atoms with Gasteiger partial charge in [0.05, 0.1) is 0 Å². The fraction of sp³-hybridized carbons (Fsp3) is 0.133. The molecule has 2 aliphatic rings. The van der Waals surface area contributed by atoms with E-state index in [4.69, 9.17) is 8.92 Å². The summed E-state index contributed by atoms with van der Waals surface area (Å²) in [6, 6.07) is 30.8. The first-order chi connectivity index (χ1) is 18.4. The molecule has 3 unspecified atom stereocenters. The molecule has 1 fully saturated rings. The molecule has 2 aliphatic heterocycles. The van der Waals surface area contributed by atoms with E-state index in [1.54, 1.807) is 60.7 Å². The molecule has 8 heteroatoms. The summed E-state index contributed by atoms with van der Waals surface area (Å²) in [5, 5.41) is 18.7. The van der Waals surface area contributed by atoms with Crippen molar-refractivity contribution >= 4 is 45.1 Å². The predicted molar refractivity (Wildman–Crippen MR) is 148 cm³/mol. The van der Waals surface area contributed by atoms with E-state index in [0.29, 0.717) is 0 Å². The quantitative estimate of drug-likeness (QED) is 0.252. The van der Waals surface area contributed by atoms with E-state index in [1.807, 2.05) is 30.3 Å². The zero-order valence-corrected chi connectivity index (χ0v) is 22.6. The van der Waals surface area contributed by atoms with Crippen molar-refractivity contribution in [3.63, 3.8) is 0 Å². The van der Waals surface area contributed by atoms with Gasteiger partial charge in [-0.3, -0.25) is 0 Å². The van der Waals surface area contributed by atoms with Crippen LogP contribution in [-0.2, 0) is 14.9 Å². The first-order valence-corrected chi connectivity index (χ1v) is 15.3. The number of ether oxygens (including phenoxy) is 1. The Kier molecular flexibility index (Phi) is 6.50. The number of benzene rings is 4. The Hall–Kier alpha value is -3.55. The van der Waals surface area contributed by atoms with Gasteiger partial charge < -0.3 is 10.2 Å². The minimum atomic E-state index is -4.02. The Morgan fingerprint density at radius 2 is 1.26 bits per heavy atom. The van der Waals surface area contributed by atoms with Crippen molar-refractivity contribution in [3.8, 4) is 17.2 Å². The summed E-state index contributed by atoms with van der Waals surface area (Å²) in [5.41, 5.74) is 3.27. The van der Waals surface area contributed by atoms with E-state index < -0.39 is 27.6 Å². The van der Waals surface area contributed by atoms with E-state index in [9.17, 15) is 18.6 Å². The van der Waals surface area contributed by atoms with Crippen LogP contribution in [0.1, 0.15) is 17.5 Å². The summed E-state index contributed by atoms with van der Waals surface area (Å²) in [7, 11) is -4.02. The van der Waals surface area contributed by atoms with Gasteiger partial charge in [-0.25, -0.2) is 0 Å². The van der Waals surface area contributed by atoms with Crippen molar-refractivity contribution in [2.45, 2.75) is 23.9 Å². The summed E-state index contributed by atoms with van der Waals surface area (Å²) in [5.74, 6) is 0.540. The number of rotatable bonds is 7. The number of fused-ring (bicyclic) bond motifs is 2. The minimum Gasteiger partial charge on any atom is -0.508 e. The molecule has 3 atom stereocenters. The first-order valence-electron chi connectivity index (χ1n) is 12.1. The second-order valence-corrected chi connectivity index (χ2v) is 13.4. The molecule has 38 heavy (non-hydrogen) atoms. The van der Waals surface area contributed by atoms with Gasteiger partial charge in [-0.2, -0.15) is 0 Å². The SMILES string of the molecule is O=S(=O)(Oc1ccc([Se]c2ccccc2)cc1)C1CC2OC1C(c1ccc(O)cc1)=C2c1ccc(O)cc1. The van der Waals surface area contributed by atoms with Crippen LogP contribution in [0.3, 0.4) is 0 Å². The van der Waals surface area contributed by atoms with Crippen molar-refractivity contribution in [1.82, 2.24) is 0 Å². The second-order valence-electron chi connectivity index (χ2n) is 9.20. The molecular formula is C30H24O6SSe. The Balaban J connectivity index is 1.28. The summed E-state index contributed by atoms with van der Waals surface area (Å²) >= 11 is 0.117. The van der Waals surface area contributed by atoms with Gasteiger partial charge in [0.2, 0.25) is 0 Å². The van der Waals surface area contributed by atoms with Gasteiger partial charge in [0.15, 0.2) is 0 Å². The molecule has 2 N–H and O–H groups in total. The summed E-state index contributed by atoms with van der Waals surface area (Å²) < 4.78 is 41.2. The molecule has 2 bridgehead atoms. The molecule has 192 valence electrons. The van der Waals surface area contributed by atoms with Crippen LogP contribution in [0, 0.1) is 0 Å². The van der Waals surface area contributed by atoms with Gasteiger partial charge in [0.25, 0.3) is 0 Å². The Labute approximate surface area is 227 Å². The van der Waals surface area contributed by atoms with Crippen LogP contribution in [0.5, 0.6) is 17.2 Å². The molecule has 4 aromatic rings. The maximum absolute atomic E-state index is 13.5. The molecule has 2 heterocycles. The molecule has 1 saturated heterocycles. The van der Waals surface area contributed by atoms with E-state index in [0.717, 1.165) is 26.7 Å². The van der Waals surface area contributed by atoms with Gasteiger partial charge in [-0.05, 0) is 12.1 Å². The first kappa shape index (κ1) is 24.8. The van der Waals surface area contributed by atoms with Gasteiger partial charge >= 0.3 is 194 Å². The Morgan fingerprint density at radius 1 is 0.711 bits per heavy atom. The normalized spacial score (nSPS) is 20.6. The number of aromatic hydroxyl groups is 2. The van der Waals surface area contributed by atoms with Gasteiger partial charge in [0, 0.05) is 0 Å². The monoisotopic (exact) mass is 592 g/mol. The van der Waals surface area contributed by atoms with E-state index in [-0.39, 0.29) is 38.6 Å². The van der Waals surface area contributed by atoms with Crippen molar-refractivity contribution in [2.24, 2.45) is 0 Å². The summed E-state index contributed by atoms with van der Waals surface area (Å²) in [6.07, 6.45) is -0.897. The number of phenolic OH excluding ortho intramolecular Hbond substituents is 2. The molecule has 0 radical (unpaired) electrons. The van der Waals surface area contributed by atoms with Crippen LogP contribution in [0.4, 0.5) is 0 Å². The van der Waals surface area contributed by atoms with Crippen LogP contribution in [0.25, 0.3) is 11.1 Å². The molecule has 0 aromatic heterocycles. The summed E-state index contributed by atoms with van der Waals surface area (Å²) in [4.78, 5) is 0. The van der Waals surface area contributed by atoms with Crippen LogP contribution >= 0.6 is 0 Å². The van der Waals surface area contributed by atoms with Gasteiger partial charge in [-0.15, -0.1) is 0 Å². The van der Waals surface area contributed by atoms with Crippen molar-refractivity contribution in [3.05, 3.63) is 114 Å². The fourth-order valence-corrected chi connectivity index (χ4v) is 8.19. The third-order valence-electron chi connectivity index (χ3n) is 6.73. The molecule has 6 rings (SSSR count). The zero-order chi connectivity index (χ0) is 26.3. The van der Waals surface area contributed by atoms with E-state index in [2.05, 4.69) is 12.1 Å². The average Bonchev–Trinajstić information content (AvgIpc) is 3.51. The van der Waals surface area contributed by atoms with Crippen molar-refractivity contribution in [1.29, 1.82) is 0 Å². The van der Waals surface area contributed by atoms with Crippen LogP contribution in [0.15, 0.2) is 103 Å². The van der Waals surface area contributed by atoms with Crippen LogP contribution in [-0.4, -0.2) is 51.0 Å². The number of hydrogen-bond acceptors (Lipinski definition) is 6. The maximum atomic E-state index is 13.5. The van der Waals surface area contributed by atoms with Gasteiger partial charge in [0.1, 0.15) is 11.5 Å². The molecule has 0 spiro atoms. The van der Waals surface area contributed by atoms with Crippen LogP contribution < -0.4 is 13.1 Å². The zero-order valence-electron chi connectivity index (χ0n) is 20.1. The molecular weight excluding hydrogens is 567 g/mol. The third kappa shape index (κ3) is 4.84. The Bertz CT molecular complexity index is 1580. The molecule has 6 nitrogen and oxygen atoms in total.